The van der Waals surface area contributed by atoms with E-state index in [1.54, 1.807) is 0 Å². The minimum absolute atomic E-state index is 0.0850. The van der Waals surface area contributed by atoms with Gasteiger partial charge in [-0.3, -0.25) is 4.79 Å². The van der Waals surface area contributed by atoms with Crippen LogP contribution in [0.5, 0.6) is 5.75 Å². The Morgan fingerprint density at radius 1 is 1.30 bits per heavy atom. The summed E-state index contributed by atoms with van der Waals surface area (Å²) in [6.45, 7) is 5.35. The molecule has 1 unspecified atom stereocenters. The third-order valence-corrected chi connectivity index (χ3v) is 3.01. The first kappa shape index (κ1) is 16.5. The number of aryl methyl sites for hydroxylation is 1. The van der Waals surface area contributed by atoms with Crippen LogP contribution in [-0.2, 0) is 4.79 Å². The molecule has 0 bridgehead atoms. The molecule has 0 aliphatic rings. The molecule has 112 valence electrons. The molecule has 0 aromatic heterocycles. The number of rotatable bonds is 9. The van der Waals surface area contributed by atoms with Crippen LogP contribution in [0.3, 0.4) is 0 Å². The normalized spacial score (nSPS) is 11.9. The first-order valence-electron chi connectivity index (χ1n) is 7.29. The molecule has 0 aliphatic carbocycles. The number of ether oxygens (including phenoxy) is 1. The highest BCUT2D eigenvalue weighted by atomic mass is 16.5. The van der Waals surface area contributed by atoms with Gasteiger partial charge in [-0.25, -0.2) is 0 Å². The number of amides is 1. The first-order chi connectivity index (χ1) is 9.58. The van der Waals surface area contributed by atoms with Gasteiger partial charge in [-0.2, -0.15) is 0 Å². The van der Waals surface area contributed by atoms with Crippen molar-refractivity contribution in [2.24, 2.45) is 5.73 Å². The van der Waals surface area contributed by atoms with Gasteiger partial charge in [0.1, 0.15) is 5.75 Å². The van der Waals surface area contributed by atoms with E-state index in [0.717, 1.165) is 25.0 Å². The Hall–Kier alpha value is -1.55. The van der Waals surface area contributed by atoms with Gasteiger partial charge >= 0.3 is 0 Å². The van der Waals surface area contributed by atoms with E-state index in [-0.39, 0.29) is 11.9 Å². The van der Waals surface area contributed by atoms with Crippen molar-refractivity contribution in [2.45, 2.75) is 45.6 Å². The summed E-state index contributed by atoms with van der Waals surface area (Å²) >= 11 is 0. The molecule has 20 heavy (non-hydrogen) atoms. The van der Waals surface area contributed by atoms with E-state index in [9.17, 15) is 4.79 Å². The molecule has 4 nitrogen and oxygen atoms in total. The van der Waals surface area contributed by atoms with E-state index in [1.165, 1.54) is 5.56 Å². The Labute approximate surface area is 121 Å². The molecule has 0 saturated heterocycles. The van der Waals surface area contributed by atoms with E-state index in [0.29, 0.717) is 19.6 Å². The van der Waals surface area contributed by atoms with Gasteiger partial charge in [0.15, 0.2) is 0 Å². The monoisotopic (exact) mass is 278 g/mol. The Balaban J connectivity index is 1.99. The fourth-order valence-corrected chi connectivity index (χ4v) is 1.73. The van der Waals surface area contributed by atoms with Crippen molar-refractivity contribution in [2.75, 3.05) is 13.2 Å². The Bertz CT molecular complexity index is 388. The fraction of sp³-hybridized carbons (Fsp3) is 0.562. The minimum Gasteiger partial charge on any atom is -0.494 e. The fourth-order valence-electron chi connectivity index (χ4n) is 1.73. The summed E-state index contributed by atoms with van der Waals surface area (Å²) in [5, 5.41) is 2.89. The molecular formula is C16H26N2O2. The molecule has 1 aromatic carbocycles. The second kappa shape index (κ2) is 9.37. The quantitative estimate of drug-likeness (QED) is 0.682. The van der Waals surface area contributed by atoms with Crippen LogP contribution in [0.1, 0.15) is 38.2 Å². The number of hydrogen-bond acceptors (Lipinski definition) is 3. The Kier molecular flexibility index (Phi) is 7.73. The number of nitrogens with one attached hydrogen (secondary N) is 1. The van der Waals surface area contributed by atoms with Gasteiger partial charge in [-0.05, 0) is 45.2 Å². The summed E-state index contributed by atoms with van der Waals surface area (Å²) in [5.41, 5.74) is 6.83. The first-order valence-corrected chi connectivity index (χ1v) is 7.29. The molecule has 4 heteroatoms. The molecule has 1 aromatic rings. The molecule has 0 heterocycles. The van der Waals surface area contributed by atoms with Gasteiger partial charge in [-0.1, -0.05) is 17.7 Å². The number of carbonyl (C=O) groups is 1. The van der Waals surface area contributed by atoms with Gasteiger partial charge in [0.05, 0.1) is 6.61 Å². The standard InChI is InChI=1S/C16H26N2O2/c1-13-5-8-15(9-6-13)20-12-4-3-11-18-16(19)10-7-14(2)17/h5-6,8-9,14H,3-4,7,10-12,17H2,1-2H3,(H,18,19). The number of carbonyl (C=O) groups excluding carboxylic acids is 1. The van der Waals surface area contributed by atoms with Crippen LogP contribution in [0.2, 0.25) is 0 Å². The van der Waals surface area contributed by atoms with E-state index in [2.05, 4.69) is 12.2 Å². The number of benzene rings is 1. The van der Waals surface area contributed by atoms with E-state index < -0.39 is 0 Å². The maximum Gasteiger partial charge on any atom is 0.220 e. The number of hydrogen-bond donors (Lipinski definition) is 2. The lowest BCUT2D eigenvalue weighted by Crippen LogP contribution is -2.26. The van der Waals surface area contributed by atoms with Crippen LogP contribution in [-0.4, -0.2) is 25.1 Å². The second-order valence-electron chi connectivity index (χ2n) is 5.23. The summed E-state index contributed by atoms with van der Waals surface area (Å²) < 4.78 is 5.62. The maximum absolute atomic E-state index is 11.4. The van der Waals surface area contributed by atoms with Crippen LogP contribution in [0.4, 0.5) is 0 Å². The predicted octanol–water partition coefficient (Wildman–Crippen LogP) is 2.40. The SMILES string of the molecule is Cc1ccc(OCCCCNC(=O)CCC(C)N)cc1. The van der Waals surface area contributed by atoms with E-state index in [1.807, 2.05) is 31.2 Å². The van der Waals surface area contributed by atoms with Gasteiger partial charge in [-0.15, -0.1) is 0 Å². The summed E-state index contributed by atoms with van der Waals surface area (Å²) in [5.74, 6) is 0.985. The van der Waals surface area contributed by atoms with Crippen LogP contribution in [0, 0.1) is 6.92 Å². The predicted molar refractivity (Wildman–Crippen MR) is 81.8 cm³/mol. The molecule has 0 saturated carbocycles. The number of unbranched alkanes of at least 4 members (excludes halogenated alkanes) is 1. The lowest BCUT2D eigenvalue weighted by Gasteiger charge is -2.08. The second-order valence-corrected chi connectivity index (χ2v) is 5.23. The molecule has 0 aliphatic heterocycles. The Morgan fingerprint density at radius 2 is 2.00 bits per heavy atom. The third-order valence-electron chi connectivity index (χ3n) is 3.01. The molecule has 0 spiro atoms. The van der Waals surface area contributed by atoms with Crippen molar-refractivity contribution < 1.29 is 9.53 Å². The molecule has 0 radical (unpaired) electrons. The lowest BCUT2D eigenvalue weighted by atomic mass is 10.2. The highest BCUT2D eigenvalue weighted by Crippen LogP contribution is 2.11. The van der Waals surface area contributed by atoms with Crippen molar-refractivity contribution in [3.8, 4) is 5.75 Å². The zero-order chi connectivity index (χ0) is 14.8. The van der Waals surface area contributed by atoms with Crippen LogP contribution in [0.25, 0.3) is 0 Å². The van der Waals surface area contributed by atoms with Crippen molar-refractivity contribution in [3.05, 3.63) is 29.8 Å². The van der Waals surface area contributed by atoms with Crippen molar-refractivity contribution in [3.63, 3.8) is 0 Å². The van der Waals surface area contributed by atoms with Crippen LogP contribution >= 0.6 is 0 Å². The lowest BCUT2D eigenvalue weighted by molar-refractivity contribution is -0.121. The summed E-state index contributed by atoms with van der Waals surface area (Å²) in [7, 11) is 0. The molecule has 3 N–H and O–H groups in total. The van der Waals surface area contributed by atoms with E-state index in [4.69, 9.17) is 10.5 Å². The van der Waals surface area contributed by atoms with Gasteiger partial charge in [0.2, 0.25) is 5.91 Å². The van der Waals surface area contributed by atoms with Crippen molar-refractivity contribution in [1.29, 1.82) is 0 Å². The van der Waals surface area contributed by atoms with Gasteiger partial charge in [0.25, 0.3) is 0 Å². The van der Waals surface area contributed by atoms with Gasteiger partial charge in [0, 0.05) is 19.0 Å². The minimum atomic E-state index is 0.0850. The summed E-state index contributed by atoms with van der Waals surface area (Å²) in [4.78, 5) is 11.4. The molecule has 1 atom stereocenters. The average Bonchev–Trinajstić information content (AvgIpc) is 2.42. The Morgan fingerprint density at radius 3 is 2.65 bits per heavy atom. The molecule has 0 fully saturated rings. The van der Waals surface area contributed by atoms with Crippen molar-refractivity contribution >= 4 is 5.91 Å². The largest absolute Gasteiger partial charge is 0.494 e. The zero-order valence-electron chi connectivity index (χ0n) is 12.5. The third kappa shape index (κ3) is 7.79. The van der Waals surface area contributed by atoms with Gasteiger partial charge < -0.3 is 15.8 Å². The maximum atomic E-state index is 11.4. The average molecular weight is 278 g/mol. The molecule has 1 rings (SSSR count). The smallest absolute Gasteiger partial charge is 0.220 e. The van der Waals surface area contributed by atoms with Crippen molar-refractivity contribution in [1.82, 2.24) is 5.32 Å². The molecular weight excluding hydrogens is 252 g/mol. The summed E-state index contributed by atoms with van der Waals surface area (Å²) in [6, 6.07) is 8.11. The highest BCUT2D eigenvalue weighted by molar-refractivity contribution is 5.75. The summed E-state index contributed by atoms with van der Waals surface area (Å²) in [6.07, 6.45) is 3.11. The number of nitrogens with two attached hydrogens (primary N) is 1. The van der Waals surface area contributed by atoms with E-state index >= 15 is 0 Å². The van der Waals surface area contributed by atoms with Crippen LogP contribution < -0.4 is 15.8 Å². The topological polar surface area (TPSA) is 64.3 Å². The van der Waals surface area contributed by atoms with Crippen LogP contribution in [0.15, 0.2) is 24.3 Å². The molecule has 1 amide bonds. The zero-order valence-corrected chi connectivity index (χ0v) is 12.5. The highest BCUT2D eigenvalue weighted by Gasteiger charge is 2.02.